The van der Waals surface area contributed by atoms with Crippen LogP contribution in [0, 0.1) is 3.57 Å². The quantitative estimate of drug-likeness (QED) is 0.747. The van der Waals surface area contributed by atoms with Crippen molar-refractivity contribution in [3.8, 4) is 5.75 Å². The van der Waals surface area contributed by atoms with Crippen LogP contribution in [-0.2, 0) is 9.47 Å². The Morgan fingerprint density at radius 3 is 2.85 bits per heavy atom. The lowest BCUT2D eigenvalue weighted by atomic mass is 10.0. The highest BCUT2D eigenvalue weighted by molar-refractivity contribution is 14.1. The number of carbonyl (C=O) groups is 1. The fourth-order valence-corrected chi connectivity index (χ4v) is 3.24. The smallest absolute Gasteiger partial charge is 0.257 e. The summed E-state index contributed by atoms with van der Waals surface area (Å²) in [6.07, 6.45) is 1.66. The van der Waals surface area contributed by atoms with E-state index < -0.39 is 5.79 Å². The van der Waals surface area contributed by atoms with Gasteiger partial charge in [0.1, 0.15) is 5.75 Å². The van der Waals surface area contributed by atoms with Gasteiger partial charge in [0.2, 0.25) is 0 Å². The molecule has 20 heavy (non-hydrogen) atoms. The highest BCUT2D eigenvalue weighted by atomic mass is 127. The molecule has 108 valence electrons. The lowest BCUT2D eigenvalue weighted by Crippen LogP contribution is -2.51. The van der Waals surface area contributed by atoms with E-state index in [9.17, 15) is 9.90 Å². The number of ether oxygens (including phenoxy) is 2. The second-order valence-corrected chi connectivity index (χ2v) is 6.34. The molecule has 2 saturated heterocycles. The predicted molar refractivity (Wildman–Crippen MR) is 80.6 cm³/mol. The van der Waals surface area contributed by atoms with Gasteiger partial charge in [0.25, 0.3) is 5.91 Å². The first kappa shape index (κ1) is 14.1. The van der Waals surface area contributed by atoms with Crippen molar-refractivity contribution in [2.24, 2.45) is 0 Å². The van der Waals surface area contributed by atoms with Crippen molar-refractivity contribution in [1.82, 2.24) is 4.90 Å². The first-order chi connectivity index (χ1) is 9.60. The van der Waals surface area contributed by atoms with E-state index in [-0.39, 0.29) is 11.7 Å². The number of nitrogens with zero attached hydrogens (tertiary/aromatic N) is 1. The third-order valence-electron chi connectivity index (χ3n) is 3.71. The Bertz CT molecular complexity index is 528. The van der Waals surface area contributed by atoms with Crippen LogP contribution in [0.4, 0.5) is 0 Å². The van der Waals surface area contributed by atoms with E-state index in [1.54, 1.807) is 23.1 Å². The van der Waals surface area contributed by atoms with Gasteiger partial charge in [-0.3, -0.25) is 4.79 Å². The van der Waals surface area contributed by atoms with E-state index >= 15 is 0 Å². The molecule has 0 atom stereocenters. The highest BCUT2D eigenvalue weighted by Gasteiger charge is 2.42. The summed E-state index contributed by atoms with van der Waals surface area (Å²) < 4.78 is 12.3. The molecular formula is C14H16INO4. The van der Waals surface area contributed by atoms with Gasteiger partial charge in [-0.05, 0) is 47.2 Å². The Balaban J connectivity index is 1.81. The molecule has 2 fully saturated rings. The van der Waals surface area contributed by atoms with E-state index in [1.165, 1.54) is 0 Å². The van der Waals surface area contributed by atoms with Crippen LogP contribution >= 0.6 is 22.6 Å². The summed E-state index contributed by atoms with van der Waals surface area (Å²) >= 11 is 2.13. The molecule has 3 rings (SSSR count). The minimum absolute atomic E-state index is 0.0169. The number of phenolic OH excluding ortho intramolecular Hbond substituents is 1. The third kappa shape index (κ3) is 2.64. The largest absolute Gasteiger partial charge is 0.507 e. The van der Waals surface area contributed by atoms with Crippen molar-refractivity contribution in [2.75, 3.05) is 26.3 Å². The number of rotatable bonds is 1. The maximum atomic E-state index is 12.6. The topological polar surface area (TPSA) is 59.0 Å². The van der Waals surface area contributed by atoms with E-state index in [1.807, 2.05) is 0 Å². The summed E-state index contributed by atoms with van der Waals surface area (Å²) in [7, 11) is 0. The van der Waals surface area contributed by atoms with Crippen LogP contribution in [0.5, 0.6) is 5.75 Å². The Morgan fingerprint density at radius 2 is 2.10 bits per heavy atom. The Hall–Kier alpha value is -0.860. The first-order valence-electron chi connectivity index (χ1n) is 6.65. The molecule has 2 heterocycles. The molecule has 0 saturated carbocycles. The van der Waals surface area contributed by atoms with E-state index in [4.69, 9.17) is 9.47 Å². The number of benzene rings is 1. The standard InChI is InChI=1S/C14H16INO4/c15-10-2-3-12(17)11(8-10)13(18)16-5-1-4-14(9-16)19-6-7-20-14/h2-3,8,17H,1,4-7,9H2. The number of carbonyl (C=O) groups excluding carboxylic acids is 1. The summed E-state index contributed by atoms with van der Waals surface area (Å²) in [5, 5.41) is 9.88. The number of hydrogen-bond acceptors (Lipinski definition) is 4. The lowest BCUT2D eigenvalue weighted by Gasteiger charge is -2.38. The third-order valence-corrected chi connectivity index (χ3v) is 4.38. The molecule has 1 aromatic carbocycles. The number of amides is 1. The molecule has 1 N–H and O–H groups in total. The van der Waals surface area contributed by atoms with Crippen molar-refractivity contribution in [2.45, 2.75) is 18.6 Å². The van der Waals surface area contributed by atoms with E-state index in [0.29, 0.717) is 31.9 Å². The average Bonchev–Trinajstić information content (AvgIpc) is 2.88. The van der Waals surface area contributed by atoms with Crippen molar-refractivity contribution >= 4 is 28.5 Å². The van der Waals surface area contributed by atoms with Crippen LogP contribution in [0.1, 0.15) is 23.2 Å². The summed E-state index contributed by atoms with van der Waals surface area (Å²) in [6.45, 7) is 2.25. The normalized spacial score (nSPS) is 21.4. The Morgan fingerprint density at radius 1 is 1.35 bits per heavy atom. The fourth-order valence-electron chi connectivity index (χ4n) is 2.74. The summed E-state index contributed by atoms with van der Waals surface area (Å²) in [5.41, 5.74) is 0.340. The van der Waals surface area contributed by atoms with E-state index in [2.05, 4.69) is 22.6 Å². The highest BCUT2D eigenvalue weighted by Crippen LogP contribution is 2.31. The molecule has 0 bridgehead atoms. The van der Waals surface area contributed by atoms with Gasteiger partial charge in [0.05, 0.1) is 25.3 Å². The van der Waals surface area contributed by atoms with Gasteiger partial charge in [-0.25, -0.2) is 0 Å². The maximum absolute atomic E-state index is 12.6. The molecule has 0 radical (unpaired) electrons. The molecule has 1 spiro atoms. The molecule has 5 nitrogen and oxygen atoms in total. The van der Waals surface area contributed by atoms with Crippen LogP contribution in [-0.4, -0.2) is 48.0 Å². The summed E-state index contributed by atoms with van der Waals surface area (Å²) in [4.78, 5) is 14.3. The Labute approximate surface area is 131 Å². The van der Waals surface area contributed by atoms with Crippen LogP contribution in [0.25, 0.3) is 0 Å². The average molecular weight is 389 g/mol. The lowest BCUT2D eigenvalue weighted by molar-refractivity contribution is -0.183. The van der Waals surface area contributed by atoms with Crippen LogP contribution in [0.3, 0.4) is 0 Å². The molecule has 2 aliphatic heterocycles. The van der Waals surface area contributed by atoms with Crippen molar-refractivity contribution in [1.29, 1.82) is 0 Å². The summed E-state index contributed by atoms with van der Waals surface area (Å²) in [5.74, 6) is -0.784. The number of hydrogen-bond donors (Lipinski definition) is 1. The molecule has 2 aliphatic rings. The van der Waals surface area contributed by atoms with Crippen LogP contribution in [0.2, 0.25) is 0 Å². The number of piperidine rings is 1. The number of aromatic hydroxyl groups is 1. The predicted octanol–water partition coefficient (Wildman–Crippen LogP) is 1.98. The van der Waals surface area contributed by atoms with E-state index in [0.717, 1.165) is 16.4 Å². The summed E-state index contributed by atoms with van der Waals surface area (Å²) in [6, 6.07) is 5.03. The Kier molecular flexibility index (Phi) is 3.87. The first-order valence-corrected chi connectivity index (χ1v) is 7.73. The van der Waals surface area contributed by atoms with Gasteiger partial charge in [-0.1, -0.05) is 0 Å². The van der Waals surface area contributed by atoms with Gasteiger partial charge < -0.3 is 19.5 Å². The molecule has 1 amide bonds. The SMILES string of the molecule is O=C(c1cc(I)ccc1O)N1CCCC2(C1)OCCO2. The van der Waals surface area contributed by atoms with Gasteiger partial charge in [0.15, 0.2) is 5.79 Å². The minimum Gasteiger partial charge on any atom is -0.507 e. The monoisotopic (exact) mass is 389 g/mol. The zero-order valence-corrected chi connectivity index (χ0v) is 13.1. The zero-order valence-electron chi connectivity index (χ0n) is 11.0. The molecule has 0 aromatic heterocycles. The zero-order chi connectivity index (χ0) is 14.2. The second-order valence-electron chi connectivity index (χ2n) is 5.10. The van der Waals surface area contributed by atoms with Gasteiger partial charge in [-0.15, -0.1) is 0 Å². The van der Waals surface area contributed by atoms with Crippen LogP contribution in [0.15, 0.2) is 18.2 Å². The van der Waals surface area contributed by atoms with Crippen molar-refractivity contribution < 1.29 is 19.4 Å². The molecular weight excluding hydrogens is 373 g/mol. The second kappa shape index (κ2) is 5.50. The van der Waals surface area contributed by atoms with Crippen molar-refractivity contribution in [3.63, 3.8) is 0 Å². The molecule has 1 aromatic rings. The van der Waals surface area contributed by atoms with Crippen LogP contribution < -0.4 is 0 Å². The maximum Gasteiger partial charge on any atom is 0.257 e. The van der Waals surface area contributed by atoms with Gasteiger partial charge in [0, 0.05) is 16.5 Å². The number of halogens is 1. The number of likely N-dealkylation sites (tertiary alicyclic amines) is 1. The minimum atomic E-state index is -0.633. The van der Waals surface area contributed by atoms with Crippen molar-refractivity contribution in [3.05, 3.63) is 27.3 Å². The van der Waals surface area contributed by atoms with Gasteiger partial charge >= 0.3 is 0 Å². The molecule has 6 heteroatoms. The number of phenols is 1. The van der Waals surface area contributed by atoms with Gasteiger partial charge in [-0.2, -0.15) is 0 Å². The fraction of sp³-hybridized carbons (Fsp3) is 0.500. The molecule has 0 aliphatic carbocycles. The molecule has 0 unspecified atom stereocenters.